The van der Waals surface area contributed by atoms with Crippen LogP contribution in [0.1, 0.15) is 17.5 Å². The Morgan fingerprint density at radius 1 is 1.44 bits per heavy atom. The second-order valence-electron chi connectivity index (χ2n) is 4.80. The predicted molar refractivity (Wildman–Crippen MR) is 71.8 cm³/mol. The average Bonchev–Trinajstić information content (AvgIpc) is 2.35. The first-order valence-corrected chi connectivity index (χ1v) is 6.36. The number of aliphatic hydroxyl groups excluding tert-OH is 1. The molecular weight excluding hydrogens is 228 g/mol. The highest BCUT2D eigenvalue weighted by molar-refractivity contribution is 5.86. The first-order chi connectivity index (χ1) is 8.63. The molecule has 0 aliphatic carbocycles. The van der Waals surface area contributed by atoms with Crippen molar-refractivity contribution in [1.82, 2.24) is 5.32 Å². The quantitative estimate of drug-likeness (QED) is 0.838. The maximum atomic E-state index is 11.9. The normalized spacial score (nSPS) is 19.8. The van der Waals surface area contributed by atoms with E-state index in [0.29, 0.717) is 13.0 Å². The number of nitrogens with zero attached hydrogens (tertiary/aromatic N) is 1. The molecule has 1 aliphatic rings. The van der Waals surface area contributed by atoms with Crippen molar-refractivity contribution in [2.24, 2.45) is 0 Å². The summed E-state index contributed by atoms with van der Waals surface area (Å²) in [4.78, 5) is 14.0. The molecule has 1 unspecified atom stereocenters. The van der Waals surface area contributed by atoms with Gasteiger partial charge in [-0.3, -0.25) is 4.79 Å². The highest BCUT2D eigenvalue weighted by atomic mass is 16.3. The van der Waals surface area contributed by atoms with Gasteiger partial charge in [0, 0.05) is 25.4 Å². The van der Waals surface area contributed by atoms with Crippen LogP contribution < -0.4 is 10.2 Å². The van der Waals surface area contributed by atoms with Crippen molar-refractivity contribution in [3.63, 3.8) is 0 Å². The van der Waals surface area contributed by atoms with Crippen LogP contribution in [0.3, 0.4) is 0 Å². The van der Waals surface area contributed by atoms with Crippen molar-refractivity contribution < 1.29 is 9.90 Å². The highest BCUT2D eigenvalue weighted by Crippen LogP contribution is 2.25. The second-order valence-corrected chi connectivity index (χ2v) is 4.80. The van der Waals surface area contributed by atoms with Gasteiger partial charge in [-0.25, -0.2) is 0 Å². The number of carbonyl (C=O) groups excluding carboxylic acids is 1. The predicted octanol–water partition coefficient (Wildman–Crippen LogP) is 0.991. The number of hydrogen-bond donors (Lipinski definition) is 2. The average molecular weight is 248 g/mol. The van der Waals surface area contributed by atoms with Gasteiger partial charge in [0.15, 0.2) is 0 Å². The van der Waals surface area contributed by atoms with Crippen LogP contribution in [0, 0.1) is 13.8 Å². The molecule has 1 atom stereocenters. The zero-order chi connectivity index (χ0) is 13.1. The van der Waals surface area contributed by atoms with Crippen molar-refractivity contribution in [3.05, 3.63) is 29.3 Å². The van der Waals surface area contributed by atoms with Gasteiger partial charge in [0.1, 0.15) is 6.04 Å². The van der Waals surface area contributed by atoms with Crippen LogP contribution in [-0.4, -0.2) is 36.8 Å². The van der Waals surface area contributed by atoms with E-state index in [0.717, 1.165) is 12.2 Å². The number of piperazine rings is 1. The lowest BCUT2D eigenvalue weighted by Crippen LogP contribution is -2.56. The summed E-state index contributed by atoms with van der Waals surface area (Å²) >= 11 is 0. The number of amides is 1. The van der Waals surface area contributed by atoms with Crippen molar-refractivity contribution in [1.29, 1.82) is 0 Å². The Balaban J connectivity index is 2.33. The van der Waals surface area contributed by atoms with Crippen molar-refractivity contribution >= 4 is 11.6 Å². The van der Waals surface area contributed by atoms with Gasteiger partial charge >= 0.3 is 0 Å². The number of aliphatic hydroxyl groups is 1. The largest absolute Gasteiger partial charge is 0.396 e. The number of anilines is 1. The fraction of sp³-hybridized carbons (Fsp3) is 0.500. The van der Waals surface area contributed by atoms with E-state index in [4.69, 9.17) is 5.11 Å². The van der Waals surface area contributed by atoms with Crippen molar-refractivity contribution in [2.45, 2.75) is 26.3 Å². The molecule has 0 saturated carbocycles. The molecule has 98 valence electrons. The lowest BCUT2D eigenvalue weighted by atomic mass is 10.0. The molecule has 0 spiro atoms. The molecule has 1 amide bonds. The zero-order valence-corrected chi connectivity index (χ0v) is 10.9. The van der Waals surface area contributed by atoms with Gasteiger partial charge in [-0.05, 0) is 37.5 Å². The monoisotopic (exact) mass is 248 g/mol. The molecular formula is C14H20N2O2. The standard InChI is InChI=1S/C14H20N2O2/c1-10-3-4-11(2)13(9-10)16-7-6-15-14(18)12(16)5-8-17/h3-4,9,12,17H,5-8H2,1-2H3,(H,15,18). The number of benzene rings is 1. The van der Waals surface area contributed by atoms with Gasteiger partial charge in [0.2, 0.25) is 5.91 Å². The minimum absolute atomic E-state index is 0.0104. The second kappa shape index (κ2) is 5.40. The summed E-state index contributed by atoms with van der Waals surface area (Å²) in [5.74, 6) is 0.0104. The summed E-state index contributed by atoms with van der Waals surface area (Å²) in [6.07, 6.45) is 0.471. The van der Waals surface area contributed by atoms with Crippen LogP contribution >= 0.6 is 0 Å². The summed E-state index contributed by atoms with van der Waals surface area (Å²) in [5, 5.41) is 12.0. The van der Waals surface area contributed by atoms with Gasteiger partial charge in [0.25, 0.3) is 0 Å². The molecule has 2 N–H and O–H groups in total. The van der Waals surface area contributed by atoms with Crippen molar-refractivity contribution in [2.75, 3.05) is 24.6 Å². The van der Waals surface area contributed by atoms with E-state index in [2.05, 4.69) is 35.3 Å². The minimum atomic E-state index is -0.260. The molecule has 1 aromatic carbocycles. The smallest absolute Gasteiger partial charge is 0.242 e. The summed E-state index contributed by atoms with van der Waals surface area (Å²) in [5.41, 5.74) is 3.45. The van der Waals surface area contributed by atoms with E-state index >= 15 is 0 Å². The third-order valence-electron chi connectivity index (χ3n) is 3.41. The van der Waals surface area contributed by atoms with Crippen LogP contribution in [0.25, 0.3) is 0 Å². The fourth-order valence-corrected chi connectivity index (χ4v) is 2.44. The Hall–Kier alpha value is -1.55. The topological polar surface area (TPSA) is 52.6 Å². The Morgan fingerprint density at radius 3 is 2.94 bits per heavy atom. The zero-order valence-electron chi connectivity index (χ0n) is 10.9. The minimum Gasteiger partial charge on any atom is -0.396 e. The summed E-state index contributed by atoms with van der Waals surface area (Å²) in [6, 6.07) is 6.00. The lowest BCUT2D eigenvalue weighted by molar-refractivity contribution is -0.123. The maximum Gasteiger partial charge on any atom is 0.242 e. The first-order valence-electron chi connectivity index (χ1n) is 6.36. The number of rotatable bonds is 3. The Bertz CT molecular complexity index is 445. The van der Waals surface area contributed by atoms with E-state index in [1.165, 1.54) is 11.1 Å². The molecule has 2 rings (SSSR count). The summed E-state index contributed by atoms with van der Waals surface area (Å²) < 4.78 is 0. The van der Waals surface area contributed by atoms with E-state index < -0.39 is 0 Å². The highest BCUT2D eigenvalue weighted by Gasteiger charge is 2.29. The van der Waals surface area contributed by atoms with Gasteiger partial charge in [-0.2, -0.15) is 0 Å². The van der Waals surface area contributed by atoms with Crippen LogP contribution in [0.5, 0.6) is 0 Å². The van der Waals surface area contributed by atoms with E-state index in [1.807, 2.05) is 6.92 Å². The number of carbonyl (C=O) groups is 1. The van der Waals surface area contributed by atoms with Crippen LogP contribution in [-0.2, 0) is 4.79 Å². The SMILES string of the molecule is Cc1ccc(C)c(N2CCNC(=O)C2CCO)c1. The molecule has 0 aromatic heterocycles. The molecule has 1 fully saturated rings. The molecule has 1 aliphatic heterocycles. The summed E-state index contributed by atoms with van der Waals surface area (Å²) in [6.45, 7) is 5.58. The Morgan fingerprint density at radius 2 is 2.22 bits per heavy atom. The van der Waals surface area contributed by atoms with Crippen molar-refractivity contribution in [3.8, 4) is 0 Å². The van der Waals surface area contributed by atoms with Gasteiger partial charge in [0.05, 0.1) is 0 Å². The van der Waals surface area contributed by atoms with Gasteiger partial charge in [-0.1, -0.05) is 12.1 Å². The van der Waals surface area contributed by atoms with Crippen LogP contribution in [0.4, 0.5) is 5.69 Å². The van der Waals surface area contributed by atoms with Crippen LogP contribution in [0.15, 0.2) is 18.2 Å². The molecule has 4 heteroatoms. The van der Waals surface area contributed by atoms with E-state index in [-0.39, 0.29) is 18.6 Å². The first kappa shape index (κ1) is 12.9. The third kappa shape index (κ3) is 2.48. The molecule has 0 radical (unpaired) electrons. The lowest BCUT2D eigenvalue weighted by Gasteiger charge is -2.37. The van der Waals surface area contributed by atoms with Crippen LogP contribution in [0.2, 0.25) is 0 Å². The molecule has 1 aromatic rings. The van der Waals surface area contributed by atoms with Gasteiger partial charge in [-0.15, -0.1) is 0 Å². The third-order valence-corrected chi connectivity index (χ3v) is 3.41. The number of hydrogen-bond acceptors (Lipinski definition) is 3. The molecule has 4 nitrogen and oxygen atoms in total. The van der Waals surface area contributed by atoms with E-state index in [1.54, 1.807) is 0 Å². The Labute approximate surface area is 108 Å². The Kier molecular flexibility index (Phi) is 3.87. The molecule has 18 heavy (non-hydrogen) atoms. The number of aryl methyl sites for hydroxylation is 2. The number of nitrogens with one attached hydrogen (secondary N) is 1. The van der Waals surface area contributed by atoms with Gasteiger partial charge < -0.3 is 15.3 Å². The fourth-order valence-electron chi connectivity index (χ4n) is 2.44. The molecule has 1 heterocycles. The maximum absolute atomic E-state index is 11.9. The molecule has 1 saturated heterocycles. The van der Waals surface area contributed by atoms with E-state index in [9.17, 15) is 4.79 Å². The summed E-state index contributed by atoms with van der Waals surface area (Å²) in [7, 11) is 0. The molecule has 0 bridgehead atoms.